The molecule has 0 aliphatic carbocycles. The van der Waals surface area contributed by atoms with E-state index in [0.717, 1.165) is 10.6 Å². The van der Waals surface area contributed by atoms with E-state index in [4.69, 9.17) is 4.74 Å². The molecule has 0 aliphatic heterocycles. The molecule has 2 rings (SSSR count). The number of carbonyl (C=O) groups is 3. The molecule has 0 bridgehead atoms. The number of nitrogens with one attached hydrogen (secondary N) is 2. The molecule has 0 heterocycles. The van der Waals surface area contributed by atoms with E-state index in [1.54, 1.807) is 31.2 Å². The summed E-state index contributed by atoms with van der Waals surface area (Å²) in [5, 5.41) is 5.28. The van der Waals surface area contributed by atoms with E-state index in [9.17, 15) is 14.4 Å². The van der Waals surface area contributed by atoms with Crippen LogP contribution in [0.1, 0.15) is 44.5 Å². The van der Waals surface area contributed by atoms with Gasteiger partial charge in [-0.2, -0.15) is 0 Å². The largest absolute Gasteiger partial charge is 0.465 e. The molecule has 0 radical (unpaired) electrons. The van der Waals surface area contributed by atoms with Crippen molar-refractivity contribution in [2.24, 2.45) is 5.41 Å². The highest BCUT2D eigenvalue weighted by molar-refractivity contribution is 8.00. The van der Waals surface area contributed by atoms with E-state index in [0.29, 0.717) is 17.7 Å². The molecular formula is C23H28N2O4S. The van der Waals surface area contributed by atoms with E-state index < -0.39 is 11.2 Å². The molecule has 2 amide bonds. The second-order valence-corrected chi connectivity index (χ2v) is 9.51. The van der Waals surface area contributed by atoms with Crippen molar-refractivity contribution in [1.29, 1.82) is 0 Å². The zero-order valence-corrected chi connectivity index (χ0v) is 18.8. The van der Waals surface area contributed by atoms with E-state index in [2.05, 4.69) is 10.6 Å². The minimum atomic E-state index is -0.504. The van der Waals surface area contributed by atoms with Crippen LogP contribution in [-0.4, -0.2) is 30.1 Å². The van der Waals surface area contributed by atoms with Gasteiger partial charge in [0.25, 0.3) is 0 Å². The van der Waals surface area contributed by atoms with Crippen LogP contribution >= 0.6 is 11.8 Å². The summed E-state index contributed by atoms with van der Waals surface area (Å²) in [5.74, 6) is -0.755. The lowest BCUT2D eigenvalue weighted by molar-refractivity contribution is -0.118. The van der Waals surface area contributed by atoms with E-state index in [1.807, 2.05) is 45.0 Å². The smallest absolute Gasteiger partial charge is 0.339 e. The van der Waals surface area contributed by atoms with Gasteiger partial charge in [0.2, 0.25) is 11.8 Å². The van der Waals surface area contributed by atoms with Crippen molar-refractivity contribution < 1.29 is 19.1 Å². The van der Waals surface area contributed by atoms with Crippen LogP contribution in [0, 0.1) is 5.41 Å². The number of rotatable bonds is 7. The SMILES string of the molecule is COC(=O)c1ccccc1NC(=O)C(C)Sc1ccc(NC(=O)CC(C)(C)C)cc1. The number of esters is 1. The minimum Gasteiger partial charge on any atom is -0.465 e. The Kier molecular flexibility index (Phi) is 8.06. The van der Waals surface area contributed by atoms with Crippen molar-refractivity contribution in [1.82, 2.24) is 0 Å². The Balaban J connectivity index is 1.96. The lowest BCUT2D eigenvalue weighted by atomic mass is 9.92. The summed E-state index contributed by atoms with van der Waals surface area (Å²) < 4.78 is 4.75. The highest BCUT2D eigenvalue weighted by Crippen LogP contribution is 2.27. The normalized spacial score (nSPS) is 12.0. The lowest BCUT2D eigenvalue weighted by Gasteiger charge is -2.17. The number of hydrogen-bond acceptors (Lipinski definition) is 5. The Morgan fingerprint density at radius 3 is 2.23 bits per heavy atom. The van der Waals surface area contributed by atoms with Gasteiger partial charge in [-0.05, 0) is 48.7 Å². The molecule has 160 valence electrons. The van der Waals surface area contributed by atoms with Crippen LogP contribution in [-0.2, 0) is 14.3 Å². The first-order valence-electron chi connectivity index (χ1n) is 9.64. The molecular weight excluding hydrogens is 400 g/mol. The maximum atomic E-state index is 12.6. The Labute approximate surface area is 181 Å². The van der Waals surface area contributed by atoms with Crippen LogP contribution in [0.15, 0.2) is 53.4 Å². The van der Waals surface area contributed by atoms with E-state index in [1.165, 1.54) is 18.9 Å². The molecule has 0 spiro atoms. The molecule has 6 nitrogen and oxygen atoms in total. The van der Waals surface area contributed by atoms with Gasteiger partial charge in [-0.15, -0.1) is 11.8 Å². The summed E-state index contributed by atoms with van der Waals surface area (Å²) in [6.07, 6.45) is 0.438. The molecule has 1 atom stereocenters. The second-order valence-electron chi connectivity index (χ2n) is 8.10. The number of ether oxygens (including phenoxy) is 1. The summed E-state index contributed by atoms with van der Waals surface area (Å²) in [7, 11) is 1.30. The average Bonchev–Trinajstić information content (AvgIpc) is 2.67. The zero-order chi connectivity index (χ0) is 22.3. The van der Waals surface area contributed by atoms with E-state index in [-0.39, 0.29) is 17.2 Å². The first-order chi connectivity index (χ1) is 14.1. The number of para-hydroxylation sites is 1. The van der Waals surface area contributed by atoms with Crippen molar-refractivity contribution in [2.45, 2.75) is 44.3 Å². The topological polar surface area (TPSA) is 84.5 Å². The quantitative estimate of drug-likeness (QED) is 0.481. The standard InChI is InChI=1S/C23H28N2O4S/c1-15(21(27)25-19-9-7-6-8-18(19)22(28)29-5)30-17-12-10-16(11-13-17)24-20(26)14-23(2,3)4/h6-13,15H,14H2,1-5H3,(H,24,26)(H,25,27). The second kappa shape index (κ2) is 10.3. The Hall–Kier alpha value is -2.80. The molecule has 2 aromatic rings. The van der Waals surface area contributed by atoms with E-state index >= 15 is 0 Å². The van der Waals surface area contributed by atoms with Gasteiger partial charge < -0.3 is 15.4 Å². The van der Waals surface area contributed by atoms with Gasteiger partial charge in [0.15, 0.2) is 0 Å². The first kappa shape index (κ1) is 23.5. The fraction of sp³-hybridized carbons (Fsp3) is 0.348. The predicted octanol–water partition coefficient (Wildman–Crippen LogP) is 4.97. The highest BCUT2D eigenvalue weighted by Gasteiger charge is 2.19. The number of thioether (sulfide) groups is 1. The molecule has 2 aromatic carbocycles. The van der Waals surface area contributed by atoms with Gasteiger partial charge in [-0.25, -0.2) is 4.79 Å². The molecule has 0 saturated heterocycles. The van der Waals surface area contributed by atoms with Gasteiger partial charge in [0.1, 0.15) is 0 Å². The third-order valence-corrected chi connectivity index (χ3v) is 5.21. The zero-order valence-electron chi connectivity index (χ0n) is 17.9. The van der Waals surface area contributed by atoms with Crippen LogP contribution in [0.2, 0.25) is 0 Å². The van der Waals surface area contributed by atoms with Gasteiger partial charge >= 0.3 is 5.97 Å². The third kappa shape index (κ3) is 7.22. The van der Waals surface area contributed by atoms with Crippen LogP contribution < -0.4 is 10.6 Å². The first-order valence-corrected chi connectivity index (χ1v) is 10.5. The number of amides is 2. The molecule has 7 heteroatoms. The predicted molar refractivity (Wildman–Crippen MR) is 121 cm³/mol. The van der Waals surface area contributed by atoms with Gasteiger partial charge in [0.05, 0.1) is 23.6 Å². The van der Waals surface area contributed by atoms with Crippen molar-refractivity contribution in [2.75, 3.05) is 17.7 Å². The summed E-state index contributed by atoms with van der Waals surface area (Å²) >= 11 is 1.39. The fourth-order valence-corrected chi connectivity index (χ4v) is 3.54. The highest BCUT2D eigenvalue weighted by atomic mass is 32.2. The monoisotopic (exact) mass is 428 g/mol. The van der Waals surface area contributed by atoms with Crippen molar-refractivity contribution >= 4 is 40.9 Å². The summed E-state index contributed by atoms with van der Waals surface area (Å²) in [6.45, 7) is 7.84. The molecule has 30 heavy (non-hydrogen) atoms. The maximum Gasteiger partial charge on any atom is 0.339 e. The Morgan fingerprint density at radius 2 is 1.63 bits per heavy atom. The Bertz CT molecular complexity index is 904. The molecule has 2 N–H and O–H groups in total. The average molecular weight is 429 g/mol. The molecule has 0 aromatic heterocycles. The van der Waals surface area contributed by atoms with Crippen molar-refractivity contribution in [3.05, 3.63) is 54.1 Å². The van der Waals surface area contributed by atoms with Crippen molar-refractivity contribution in [3.8, 4) is 0 Å². The van der Waals surface area contributed by atoms with Gasteiger partial charge in [-0.1, -0.05) is 32.9 Å². The third-order valence-electron chi connectivity index (χ3n) is 4.10. The number of carbonyl (C=O) groups excluding carboxylic acids is 3. The molecule has 0 aliphatic rings. The van der Waals surface area contributed by atoms with Gasteiger partial charge in [0, 0.05) is 17.0 Å². The number of hydrogen-bond donors (Lipinski definition) is 2. The summed E-state index contributed by atoms with van der Waals surface area (Å²) in [5.41, 5.74) is 1.37. The van der Waals surface area contributed by atoms with Crippen LogP contribution in [0.25, 0.3) is 0 Å². The summed E-state index contributed by atoms with van der Waals surface area (Å²) in [6, 6.07) is 14.1. The van der Waals surface area contributed by atoms with Crippen LogP contribution in [0.4, 0.5) is 11.4 Å². The molecule has 0 fully saturated rings. The van der Waals surface area contributed by atoms with Crippen molar-refractivity contribution in [3.63, 3.8) is 0 Å². The fourth-order valence-electron chi connectivity index (χ4n) is 2.68. The van der Waals surface area contributed by atoms with Crippen LogP contribution in [0.3, 0.4) is 0 Å². The van der Waals surface area contributed by atoms with Crippen LogP contribution in [0.5, 0.6) is 0 Å². The number of benzene rings is 2. The lowest BCUT2D eigenvalue weighted by Crippen LogP contribution is -2.23. The minimum absolute atomic E-state index is 0.0279. The van der Waals surface area contributed by atoms with Gasteiger partial charge in [-0.3, -0.25) is 9.59 Å². The molecule has 1 unspecified atom stereocenters. The summed E-state index contributed by atoms with van der Waals surface area (Å²) in [4.78, 5) is 37.4. The number of anilines is 2. The Morgan fingerprint density at radius 1 is 1.00 bits per heavy atom. The molecule has 0 saturated carbocycles. The maximum absolute atomic E-state index is 12.6. The number of methoxy groups -OCH3 is 1.